The minimum Gasteiger partial charge on any atom is -0.393 e. The zero-order valence-corrected chi connectivity index (χ0v) is 31.1. The third-order valence-electron chi connectivity index (χ3n) is 7.60. The van der Waals surface area contributed by atoms with E-state index in [1.54, 1.807) is 69.3 Å². The molecule has 0 heterocycles. The van der Waals surface area contributed by atoms with Crippen LogP contribution in [-0.2, 0) is 48.4 Å². The minimum absolute atomic E-state index is 0.0485. The van der Waals surface area contributed by atoms with E-state index in [0.29, 0.717) is 16.7 Å². The van der Waals surface area contributed by atoms with Crippen molar-refractivity contribution in [2.75, 3.05) is 13.2 Å². The van der Waals surface area contributed by atoms with Crippen LogP contribution >= 0.6 is 0 Å². The average molecular weight is 768 g/mol. The molecule has 0 bridgehead atoms. The van der Waals surface area contributed by atoms with Crippen molar-refractivity contribution in [2.45, 2.75) is 71.2 Å². The number of amidine groups is 1. The highest BCUT2D eigenvalue weighted by atomic mass is 16.6. The van der Waals surface area contributed by atoms with Gasteiger partial charge in [0.1, 0.15) is 37.2 Å². The van der Waals surface area contributed by atoms with Gasteiger partial charge in [-0.2, -0.15) is 0 Å². The number of hydrogen-bond donors (Lipinski definition) is 12. The summed E-state index contributed by atoms with van der Waals surface area (Å²) in [6, 6.07) is 10.1. The van der Waals surface area contributed by atoms with Crippen LogP contribution in [0.5, 0.6) is 0 Å². The number of oxime groups is 2. The highest BCUT2D eigenvalue weighted by Gasteiger charge is 2.36. The zero-order valence-electron chi connectivity index (χ0n) is 31.1. The lowest BCUT2D eigenvalue weighted by Crippen LogP contribution is -2.60. The summed E-state index contributed by atoms with van der Waals surface area (Å²) in [5.41, 5.74) is 39.4. The van der Waals surface area contributed by atoms with Gasteiger partial charge in [-0.05, 0) is 32.4 Å². The van der Waals surface area contributed by atoms with E-state index >= 15 is 0 Å². The van der Waals surface area contributed by atoms with E-state index in [1.807, 2.05) is 0 Å². The Bertz CT molecular complexity index is 1690. The van der Waals surface area contributed by atoms with Crippen molar-refractivity contribution >= 4 is 47.3 Å². The van der Waals surface area contributed by atoms with Gasteiger partial charge in [-0.15, -0.1) is 0 Å². The smallest absolute Gasteiger partial charge is 0.243 e. The van der Waals surface area contributed by atoms with Gasteiger partial charge >= 0.3 is 0 Å². The Hall–Kier alpha value is -6.80. The maximum absolute atomic E-state index is 13.9. The molecule has 0 saturated heterocycles. The summed E-state index contributed by atoms with van der Waals surface area (Å²) in [6.07, 6.45) is -0.215. The molecule has 0 aliphatic rings. The lowest BCUT2D eigenvalue weighted by atomic mass is 9.85. The monoisotopic (exact) mass is 767 g/mol. The van der Waals surface area contributed by atoms with Crippen LogP contribution in [0.1, 0.15) is 55.9 Å². The second-order valence-electron chi connectivity index (χ2n) is 13.3. The van der Waals surface area contributed by atoms with E-state index in [4.69, 9.17) is 55.2 Å². The van der Waals surface area contributed by atoms with E-state index in [-0.39, 0.29) is 69.3 Å². The first-order valence-electron chi connectivity index (χ1n) is 17.0. The maximum atomic E-state index is 13.9. The van der Waals surface area contributed by atoms with E-state index in [0.717, 1.165) is 5.56 Å². The first-order valence-corrected chi connectivity index (χ1v) is 17.0. The summed E-state index contributed by atoms with van der Waals surface area (Å²) < 4.78 is 0. The largest absolute Gasteiger partial charge is 0.393 e. The number of nitrogens with two attached hydrogens (primary N) is 7. The maximum Gasteiger partial charge on any atom is 0.243 e. The van der Waals surface area contributed by atoms with E-state index in [1.165, 1.54) is 0 Å². The number of carbonyl (C=O) groups excluding carboxylic acids is 4. The molecule has 0 aliphatic carbocycles. The molecule has 2 rings (SSSR count). The van der Waals surface area contributed by atoms with Crippen LogP contribution in [0.2, 0.25) is 0 Å². The lowest BCUT2D eigenvalue weighted by molar-refractivity contribution is -0.136. The molecule has 19 N–H and O–H groups in total. The lowest BCUT2D eigenvalue weighted by Gasteiger charge is -2.33. The molecule has 55 heavy (non-hydrogen) atoms. The van der Waals surface area contributed by atoms with Gasteiger partial charge in [0.15, 0.2) is 5.96 Å². The Kier molecular flexibility index (Phi) is 17.5. The molecule has 0 unspecified atom stereocenters. The standard InChI is InChI=1S/C34H53N15O6/c1-34(2,3)26(30(53)46-23(12-14-54-48-32(39)40)28(51)43-17-21-8-10-22(11-9-21)27(35)36)47-29(52)24(13-15-55-49-33(41)42)45-25(50)16-19-4-6-20(7-5-19)18-44-31(37)38/h4-11,23-24,26H,12-18H2,1-3H3,(H3,35,36)(H,43,51)(H,45,50)(H,46,53)(H,47,52)(H4,37,38,44)(H4,39,40,48)(H4,41,42,49)/t23-,24-,26+/m0/s1. The number of benzene rings is 2. The number of nitrogens with zero attached hydrogens (tertiary/aromatic N) is 3. The minimum atomic E-state index is -1.20. The number of guanidine groups is 3. The van der Waals surface area contributed by atoms with Gasteiger partial charge in [0.05, 0.1) is 13.0 Å². The second-order valence-corrected chi connectivity index (χ2v) is 13.3. The highest BCUT2D eigenvalue weighted by Crippen LogP contribution is 2.20. The first-order chi connectivity index (χ1) is 25.8. The quantitative estimate of drug-likeness (QED) is 0.0266. The van der Waals surface area contributed by atoms with Crippen LogP contribution in [0, 0.1) is 10.8 Å². The number of amides is 4. The molecular formula is C34H53N15O6. The molecule has 0 fully saturated rings. The topological polar surface area (TPSA) is 378 Å². The number of nitrogen functional groups attached to an aromatic ring is 1. The van der Waals surface area contributed by atoms with Crippen molar-refractivity contribution in [3.8, 4) is 0 Å². The van der Waals surface area contributed by atoms with Crippen LogP contribution in [0.25, 0.3) is 0 Å². The van der Waals surface area contributed by atoms with Gasteiger partial charge < -0.3 is 71.1 Å². The van der Waals surface area contributed by atoms with Crippen LogP contribution in [0.4, 0.5) is 0 Å². The van der Waals surface area contributed by atoms with E-state index in [2.05, 4.69) is 36.6 Å². The van der Waals surface area contributed by atoms with Crippen molar-refractivity contribution < 1.29 is 28.9 Å². The first kappa shape index (κ1) is 44.4. The third-order valence-corrected chi connectivity index (χ3v) is 7.60. The Labute approximate surface area is 318 Å². The Balaban J connectivity index is 2.24. The third kappa shape index (κ3) is 17.1. The SMILES string of the molecule is CC(C)(C)[C@H](NC(=O)[C@H](CCON=C(N)N)NC(=O)Cc1ccc(CN=C(N)N)cc1)C(=O)N[C@@H](CCON=C(N)N)C(=O)NCc1ccc(C(=N)N)cc1. The Morgan fingerprint density at radius 3 is 1.67 bits per heavy atom. The van der Waals surface area contributed by atoms with E-state index < -0.39 is 47.2 Å². The van der Waals surface area contributed by atoms with Crippen molar-refractivity contribution in [1.82, 2.24) is 21.3 Å². The van der Waals surface area contributed by atoms with Crippen molar-refractivity contribution in [3.63, 3.8) is 0 Å². The molecule has 0 saturated carbocycles. The fourth-order valence-electron chi connectivity index (χ4n) is 4.78. The number of aliphatic imine (C=N–C) groups is 1. The van der Waals surface area contributed by atoms with Crippen LogP contribution in [0.3, 0.4) is 0 Å². The van der Waals surface area contributed by atoms with Gasteiger partial charge in [0.2, 0.25) is 35.5 Å². The van der Waals surface area contributed by atoms with Gasteiger partial charge in [-0.3, -0.25) is 24.6 Å². The van der Waals surface area contributed by atoms with E-state index in [9.17, 15) is 19.2 Å². The second kappa shape index (κ2) is 21.7. The zero-order chi connectivity index (χ0) is 41.1. The molecule has 0 aliphatic heterocycles. The normalized spacial score (nSPS) is 12.3. The fraction of sp³-hybridized carbons (Fsp3) is 0.412. The Morgan fingerprint density at radius 1 is 0.673 bits per heavy atom. The summed E-state index contributed by atoms with van der Waals surface area (Å²) in [7, 11) is 0. The van der Waals surface area contributed by atoms with Crippen molar-refractivity contribution in [3.05, 3.63) is 70.8 Å². The predicted molar refractivity (Wildman–Crippen MR) is 207 cm³/mol. The number of hydrogen-bond acceptors (Lipinski definition) is 10. The molecule has 0 aromatic heterocycles. The molecule has 0 radical (unpaired) electrons. The van der Waals surface area contributed by atoms with Gasteiger partial charge in [-0.25, -0.2) is 4.99 Å². The Morgan fingerprint density at radius 2 is 1.18 bits per heavy atom. The number of nitrogens with one attached hydrogen (secondary N) is 5. The number of rotatable bonds is 21. The van der Waals surface area contributed by atoms with Crippen LogP contribution < -0.4 is 61.4 Å². The average Bonchev–Trinajstić information content (AvgIpc) is 3.10. The molecule has 0 spiro atoms. The molecule has 21 nitrogen and oxygen atoms in total. The summed E-state index contributed by atoms with van der Waals surface area (Å²) in [6.45, 7) is 5.17. The summed E-state index contributed by atoms with van der Waals surface area (Å²) in [5.74, 6) is -3.30. The van der Waals surface area contributed by atoms with Gasteiger partial charge in [0.25, 0.3) is 0 Å². The summed E-state index contributed by atoms with van der Waals surface area (Å²) in [4.78, 5) is 68.3. The summed E-state index contributed by atoms with van der Waals surface area (Å²) in [5, 5.41) is 25.3. The van der Waals surface area contributed by atoms with Gasteiger partial charge in [0, 0.05) is 24.9 Å². The fourth-order valence-corrected chi connectivity index (χ4v) is 4.78. The molecule has 300 valence electrons. The van der Waals surface area contributed by atoms with Gasteiger partial charge in [-0.1, -0.05) is 69.3 Å². The molecule has 2 aromatic carbocycles. The van der Waals surface area contributed by atoms with Crippen molar-refractivity contribution in [2.24, 2.45) is 60.9 Å². The van der Waals surface area contributed by atoms with Crippen molar-refractivity contribution in [1.29, 1.82) is 5.41 Å². The summed E-state index contributed by atoms with van der Waals surface area (Å²) >= 11 is 0. The predicted octanol–water partition coefficient (Wildman–Crippen LogP) is -2.71. The molecular weight excluding hydrogens is 714 g/mol. The molecule has 2 aromatic rings. The van der Waals surface area contributed by atoms with Crippen LogP contribution in [0.15, 0.2) is 63.8 Å². The van der Waals surface area contributed by atoms with Crippen LogP contribution in [-0.4, -0.2) is 78.7 Å². The molecule has 3 atom stereocenters. The number of carbonyl (C=O) groups is 4. The molecule has 4 amide bonds. The molecule has 21 heteroatoms. The highest BCUT2D eigenvalue weighted by molar-refractivity contribution is 5.95.